The molecule has 0 spiro atoms. The highest BCUT2D eigenvalue weighted by atomic mass is 79.9. The molecule has 0 bridgehead atoms. The zero-order chi connectivity index (χ0) is 25.5. The number of aryl methyl sites for hydroxylation is 2. The van der Waals surface area contributed by atoms with Crippen molar-refractivity contribution in [1.82, 2.24) is 0 Å². The van der Waals surface area contributed by atoms with Gasteiger partial charge in [0.15, 0.2) is 11.5 Å². The number of ether oxygens (including phenoxy) is 2. The number of halogens is 2. The van der Waals surface area contributed by atoms with Gasteiger partial charge in [0, 0.05) is 10.7 Å². The van der Waals surface area contributed by atoms with Crippen molar-refractivity contribution in [3.8, 4) is 17.6 Å². The molecule has 0 saturated heterocycles. The van der Waals surface area contributed by atoms with Crippen molar-refractivity contribution in [3.63, 3.8) is 0 Å². The van der Waals surface area contributed by atoms with Crippen LogP contribution >= 0.6 is 27.5 Å². The molecule has 0 radical (unpaired) electrons. The second-order valence-corrected chi connectivity index (χ2v) is 9.35. The molecule has 3 aromatic carbocycles. The van der Waals surface area contributed by atoms with E-state index in [0.29, 0.717) is 45.5 Å². The van der Waals surface area contributed by atoms with E-state index in [0.717, 1.165) is 11.1 Å². The number of rotatable bonds is 8. The molecule has 0 aliphatic carbocycles. The number of anilines is 1. The average Bonchev–Trinajstić information content (AvgIpc) is 2.79. The Labute approximate surface area is 219 Å². The van der Waals surface area contributed by atoms with Gasteiger partial charge in [0.1, 0.15) is 18.2 Å². The van der Waals surface area contributed by atoms with Gasteiger partial charge in [-0.1, -0.05) is 47.0 Å². The molecule has 35 heavy (non-hydrogen) atoms. The highest BCUT2D eigenvalue weighted by Crippen LogP contribution is 2.38. The summed E-state index contributed by atoms with van der Waals surface area (Å²) in [5.74, 6) is 0.545. The van der Waals surface area contributed by atoms with Crippen LogP contribution < -0.4 is 14.8 Å². The minimum Gasteiger partial charge on any atom is -0.490 e. The second kappa shape index (κ2) is 11.9. The van der Waals surface area contributed by atoms with Crippen molar-refractivity contribution < 1.29 is 14.3 Å². The van der Waals surface area contributed by atoms with Crippen molar-refractivity contribution in [3.05, 3.63) is 91.4 Å². The van der Waals surface area contributed by atoms with Crippen LogP contribution in [0.2, 0.25) is 5.02 Å². The van der Waals surface area contributed by atoms with E-state index in [1.807, 2.05) is 13.0 Å². The molecule has 1 amide bonds. The van der Waals surface area contributed by atoms with Crippen molar-refractivity contribution in [2.45, 2.75) is 34.3 Å². The highest BCUT2D eigenvalue weighted by Gasteiger charge is 2.16. The van der Waals surface area contributed by atoms with Crippen LogP contribution in [0, 0.1) is 32.1 Å². The van der Waals surface area contributed by atoms with Crippen LogP contribution in [0.5, 0.6) is 11.5 Å². The van der Waals surface area contributed by atoms with Gasteiger partial charge in [-0.25, -0.2) is 0 Å². The Morgan fingerprint density at radius 1 is 1.11 bits per heavy atom. The predicted octanol–water partition coefficient (Wildman–Crippen LogP) is 7.55. The van der Waals surface area contributed by atoms with Crippen molar-refractivity contribution in [2.75, 3.05) is 11.9 Å². The van der Waals surface area contributed by atoms with Crippen molar-refractivity contribution in [1.29, 1.82) is 5.26 Å². The first kappa shape index (κ1) is 26.3. The largest absolute Gasteiger partial charge is 0.490 e. The molecular weight excluding hydrogens is 528 g/mol. The predicted molar refractivity (Wildman–Crippen MR) is 144 cm³/mol. The van der Waals surface area contributed by atoms with Gasteiger partial charge in [0.25, 0.3) is 5.91 Å². The second-order valence-electron chi connectivity index (χ2n) is 8.08. The molecule has 0 aromatic heterocycles. The van der Waals surface area contributed by atoms with Gasteiger partial charge in [0.05, 0.1) is 11.1 Å². The lowest BCUT2D eigenvalue weighted by Gasteiger charge is -2.15. The van der Waals surface area contributed by atoms with Gasteiger partial charge >= 0.3 is 0 Å². The van der Waals surface area contributed by atoms with E-state index in [4.69, 9.17) is 21.1 Å². The van der Waals surface area contributed by atoms with Gasteiger partial charge in [-0.3, -0.25) is 4.79 Å². The van der Waals surface area contributed by atoms with E-state index in [9.17, 15) is 10.1 Å². The van der Waals surface area contributed by atoms with Crippen LogP contribution in [-0.4, -0.2) is 12.5 Å². The number of nitrogens with zero attached hydrogens (tertiary/aromatic N) is 1. The van der Waals surface area contributed by atoms with Gasteiger partial charge < -0.3 is 14.8 Å². The Hall–Kier alpha value is -3.27. The minimum atomic E-state index is -0.526. The van der Waals surface area contributed by atoms with Crippen LogP contribution in [-0.2, 0) is 11.4 Å². The molecule has 3 rings (SSSR count). The monoisotopic (exact) mass is 552 g/mol. The summed E-state index contributed by atoms with van der Waals surface area (Å²) in [6.07, 6.45) is 1.51. The summed E-state index contributed by atoms with van der Waals surface area (Å²) in [5.41, 5.74) is 5.24. The van der Waals surface area contributed by atoms with E-state index in [2.05, 4.69) is 53.3 Å². The standard InChI is InChI=1S/C28H26BrClN2O3/c1-5-34-26-14-20(12-22(15-31)28(33)32-25-8-6-7-24(30)19(25)4)13-23(29)27(26)35-16-21-10-17(2)9-18(3)11-21/h6-14H,5,16H2,1-4H3,(H,32,33)/b22-12+. The van der Waals surface area contributed by atoms with E-state index in [1.54, 1.807) is 37.3 Å². The lowest BCUT2D eigenvalue weighted by Crippen LogP contribution is -2.14. The molecule has 7 heteroatoms. The first-order chi connectivity index (χ1) is 16.7. The van der Waals surface area contributed by atoms with E-state index >= 15 is 0 Å². The summed E-state index contributed by atoms with van der Waals surface area (Å²) in [5, 5.41) is 12.9. The van der Waals surface area contributed by atoms with Crippen LogP contribution in [0.25, 0.3) is 6.08 Å². The normalized spacial score (nSPS) is 11.1. The highest BCUT2D eigenvalue weighted by molar-refractivity contribution is 9.10. The van der Waals surface area contributed by atoms with E-state index in [-0.39, 0.29) is 5.57 Å². The van der Waals surface area contributed by atoms with Crippen LogP contribution in [0.15, 0.2) is 58.6 Å². The Bertz CT molecular complexity index is 1310. The fourth-order valence-electron chi connectivity index (χ4n) is 3.63. The van der Waals surface area contributed by atoms with Crippen molar-refractivity contribution >= 4 is 45.2 Å². The maximum Gasteiger partial charge on any atom is 0.266 e. The number of benzene rings is 3. The third kappa shape index (κ3) is 6.88. The lowest BCUT2D eigenvalue weighted by atomic mass is 10.1. The fourth-order valence-corrected chi connectivity index (χ4v) is 4.38. The number of nitriles is 1. The number of carbonyl (C=O) groups excluding carboxylic acids is 1. The van der Waals surface area contributed by atoms with Crippen LogP contribution in [0.3, 0.4) is 0 Å². The molecule has 0 aliphatic heterocycles. The summed E-state index contributed by atoms with van der Waals surface area (Å²) in [7, 11) is 0. The third-order valence-electron chi connectivity index (χ3n) is 5.19. The summed E-state index contributed by atoms with van der Waals surface area (Å²) < 4.78 is 12.6. The summed E-state index contributed by atoms with van der Waals surface area (Å²) >= 11 is 9.70. The van der Waals surface area contributed by atoms with Crippen molar-refractivity contribution in [2.24, 2.45) is 0 Å². The maximum absolute atomic E-state index is 12.8. The maximum atomic E-state index is 12.8. The average molecular weight is 554 g/mol. The van der Waals surface area contributed by atoms with Gasteiger partial charge in [-0.2, -0.15) is 5.26 Å². The van der Waals surface area contributed by atoms with Gasteiger partial charge in [-0.05, 0) is 90.7 Å². The third-order valence-corrected chi connectivity index (χ3v) is 6.19. The Morgan fingerprint density at radius 3 is 2.49 bits per heavy atom. The number of hydrogen-bond acceptors (Lipinski definition) is 4. The first-order valence-electron chi connectivity index (χ1n) is 11.1. The molecule has 180 valence electrons. The molecule has 1 N–H and O–H groups in total. The van der Waals surface area contributed by atoms with Crippen LogP contribution in [0.1, 0.15) is 34.7 Å². The molecule has 0 fully saturated rings. The molecule has 5 nitrogen and oxygen atoms in total. The molecule has 3 aromatic rings. The smallest absolute Gasteiger partial charge is 0.266 e. The number of nitrogens with one attached hydrogen (secondary N) is 1. The Balaban J connectivity index is 1.87. The molecule has 0 unspecified atom stereocenters. The van der Waals surface area contributed by atoms with Crippen LogP contribution in [0.4, 0.5) is 5.69 Å². The fraction of sp³-hybridized carbons (Fsp3) is 0.214. The zero-order valence-corrected chi connectivity index (χ0v) is 22.4. The number of amides is 1. The van der Waals surface area contributed by atoms with Gasteiger partial charge in [0.2, 0.25) is 0 Å². The number of hydrogen-bond donors (Lipinski definition) is 1. The molecular formula is C28H26BrClN2O3. The zero-order valence-electron chi connectivity index (χ0n) is 20.0. The quantitative estimate of drug-likeness (QED) is 0.231. The summed E-state index contributed by atoms with van der Waals surface area (Å²) in [6, 6.07) is 17.0. The Morgan fingerprint density at radius 2 is 1.83 bits per heavy atom. The first-order valence-corrected chi connectivity index (χ1v) is 12.2. The minimum absolute atomic E-state index is 0.0531. The molecule has 0 aliphatic rings. The molecule has 0 saturated carbocycles. The summed E-state index contributed by atoms with van der Waals surface area (Å²) in [6.45, 7) is 8.59. The Kier molecular flexibility index (Phi) is 8.97. The topological polar surface area (TPSA) is 71.3 Å². The van der Waals surface area contributed by atoms with E-state index < -0.39 is 5.91 Å². The van der Waals surface area contributed by atoms with E-state index in [1.165, 1.54) is 17.2 Å². The summed E-state index contributed by atoms with van der Waals surface area (Å²) in [4.78, 5) is 12.8. The SMILES string of the molecule is CCOc1cc(/C=C(\C#N)C(=O)Nc2cccc(Cl)c2C)cc(Br)c1OCc1cc(C)cc(C)c1. The lowest BCUT2D eigenvalue weighted by molar-refractivity contribution is -0.112. The molecule has 0 atom stereocenters. The van der Waals surface area contributed by atoms with Gasteiger partial charge in [-0.15, -0.1) is 0 Å². The molecule has 0 heterocycles. The number of carbonyl (C=O) groups is 1.